The molecule has 3 nitrogen and oxygen atoms in total. The molecule has 0 saturated carbocycles. The second kappa shape index (κ2) is 5.17. The Kier molecular flexibility index (Phi) is 3.82. The lowest BCUT2D eigenvalue weighted by Crippen LogP contribution is -2.56. The third-order valence-electron chi connectivity index (χ3n) is 3.88. The maximum atomic E-state index is 6.01. The van der Waals surface area contributed by atoms with Gasteiger partial charge >= 0.3 is 0 Å². The number of benzene rings is 1. The number of hydrogen-bond donors (Lipinski definition) is 1. The summed E-state index contributed by atoms with van der Waals surface area (Å²) in [5, 5.41) is 0. The Balaban J connectivity index is 2.32. The zero-order valence-electron chi connectivity index (χ0n) is 10.8. The highest BCUT2D eigenvalue weighted by Crippen LogP contribution is 2.29. The fraction of sp³-hybridized carbons (Fsp3) is 0.571. The minimum absolute atomic E-state index is 0.148. The van der Waals surface area contributed by atoms with Gasteiger partial charge in [-0.05, 0) is 24.6 Å². The van der Waals surface area contributed by atoms with Gasteiger partial charge in [0.1, 0.15) is 0 Å². The van der Waals surface area contributed by atoms with Crippen molar-refractivity contribution in [3.05, 3.63) is 35.4 Å². The van der Waals surface area contributed by atoms with Crippen LogP contribution in [0, 0.1) is 0 Å². The highest BCUT2D eigenvalue weighted by molar-refractivity contribution is 5.30. The fourth-order valence-corrected chi connectivity index (χ4v) is 2.45. The number of aryl methyl sites for hydroxylation is 1. The van der Waals surface area contributed by atoms with Crippen LogP contribution in [0.2, 0.25) is 0 Å². The minimum Gasteiger partial charge on any atom is -0.378 e. The van der Waals surface area contributed by atoms with E-state index in [0.29, 0.717) is 13.2 Å². The van der Waals surface area contributed by atoms with Crippen molar-refractivity contribution in [1.82, 2.24) is 4.90 Å². The Morgan fingerprint density at radius 2 is 2.06 bits per heavy atom. The van der Waals surface area contributed by atoms with E-state index in [1.54, 1.807) is 0 Å². The van der Waals surface area contributed by atoms with E-state index in [4.69, 9.17) is 10.5 Å². The first kappa shape index (κ1) is 12.6. The van der Waals surface area contributed by atoms with E-state index in [-0.39, 0.29) is 5.54 Å². The monoisotopic (exact) mass is 234 g/mol. The summed E-state index contributed by atoms with van der Waals surface area (Å²) < 4.78 is 5.64. The molecule has 1 aliphatic heterocycles. The summed E-state index contributed by atoms with van der Waals surface area (Å²) in [6, 6.07) is 8.76. The van der Waals surface area contributed by atoms with E-state index in [2.05, 4.69) is 43.1 Å². The second-order valence-electron chi connectivity index (χ2n) is 4.76. The molecule has 0 aromatic heterocycles. The van der Waals surface area contributed by atoms with Crippen LogP contribution in [-0.4, -0.2) is 38.3 Å². The van der Waals surface area contributed by atoms with Crippen molar-refractivity contribution in [3.63, 3.8) is 0 Å². The average Bonchev–Trinajstić information content (AvgIpc) is 2.40. The van der Waals surface area contributed by atoms with E-state index >= 15 is 0 Å². The van der Waals surface area contributed by atoms with Gasteiger partial charge < -0.3 is 10.5 Å². The predicted octanol–water partition coefficient (Wildman–Crippen LogP) is 1.36. The molecule has 17 heavy (non-hydrogen) atoms. The molecule has 1 aliphatic rings. The van der Waals surface area contributed by atoms with Gasteiger partial charge in [0, 0.05) is 13.1 Å². The Bertz CT molecular complexity index is 363. The van der Waals surface area contributed by atoms with Gasteiger partial charge in [0.2, 0.25) is 0 Å². The third-order valence-corrected chi connectivity index (χ3v) is 3.88. The standard InChI is InChI=1S/C14H22N2O/c1-3-12-4-6-13(7-5-12)14(10-15)11-17-9-8-16(14)2/h4-7H,3,8-11,15H2,1-2H3. The summed E-state index contributed by atoms with van der Waals surface area (Å²) >= 11 is 0. The van der Waals surface area contributed by atoms with E-state index in [1.807, 2.05) is 0 Å². The molecule has 1 unspecified atom stereocenters. The van der Waals surface area contributed by atoms with Gasteiger partial charge in [-0.2, -0.15) is 0 Å². The number of ether oxygens (including phenoxy) is 1. The van der Waals surface area contributed by atoms with Crippen molar-refractivity contribution in [2.24, 2.45) is 5.73 Å². The number of nitrogens with zero attached hydrogens (tertiary/aromatic N) is 1. The molecule has 1 fully saturated rings. The van der Waals surface area contributed by atoms with Crippen molar-refractivity contribution in [1.29, 1.82) is 0 Å². The van der Waals surface area contributed by atoms with Crippen LogP contribution in [-0.2, 0) is 16.7 Å². The van der Waals surface area contributed by atoms with Crippen LogP contribution in [0.25, 0.3) is 0 Å². The van der Waals surface area contributed by atoms with Crippen LogP contribution in [0.3, 0.4) is 0 Å². The number of nitrogens with two attached hydrogens (primary N) is 1. The molecule has 0 spiro atoms. The maximum Gasteiger partial charge on any atom is 0.0819 e. The number of likely N-dealkylation sites (N-methyl/N-ethyl adjacent to an activating group) is 1. The van der Waals surface area contributed by atoms with E-state index < -0.39 is 0 Å². The average molecular weight is 234 g/mol. The van der Waals surface area contributed by atoms with Crippen molar-refractivity contribution in [3.8, 4) is 0 Å². The molecule has 2 rings (SSSR count). The Morgan fingerprint density at radius 3 is 2.59 bits per heavy atom. The molecular formula is C14H22N2O. The van der Waals surface area contributed by atoms with Crippen molar-refractivity contribution < 1.29 is 4.74 Å². The lowest BCUT2D eigenvalue weighted by Gasteiger charge is -2.44. The second-order valence-corrected chi connectivity index (χ2v) is 4.76. The van der Waals surface area contributed by atoms with Crippen molar-refractivity contribution in [2.45, 2.75) is 18.9 Å². The molecule has 1 saturated heterocycles. The zero-order valence-corrected chi connectivity index (χ0v) is 10.8. The summed E-state index contributed by atoms with van der Waals surface area (Å²) in [6.07, 6.45) is 1.07. The molecule has 2 N–H and O–H groups in total. The molecule has 1 atom stereocenters. The molecule has 0 bridgehead atoms. The Hall–Kier alpha value is -0.900. The third kappa shape index (κ3) is 2.23. The molecule has 0 aliphatic carbocycles. The molecule has 3 heteroatoms. The van der Waals surface area contributed by atoms with Crippen LogP contribution in [0.4, 0.5) is 0 Å². The van der Waals surface area contributed by atoms with Gasteiger partial charge in [-0.1, -0.05) is 31.2 Å². The lowest BCUT2D eigenvalue weighted by molar-refractivity contribution is -0.0549. The summed E-state index contributed by atoms with van der Waals surface area (Å²) in [6.45, 7) is 5.18. The van der Waals surface area contributed by atoms with Crippen LogP contribution in [0.5, 0.6) is 0 Å². The number of morpholine rings is 1. The summed E-state index contributed by atoms with van der Waals surface area (Å²) in [7, 11) is 2.13. The summed E-state index contributed by atoms with van der Waals surface area (Å²) in [5.41, 5.74) is 8.49. The predicted molar refractivity (Wildman–Crippen MR) is 70.0 cm³/mol. The van der Waals surface area contributed by atoms with Gasteiger partial charge in [0.05, 0.1) is 18.8 Å². The zero-order chi connectivity index (χ0) is 12.3. The molecule has 94 valence electrons. The lowest BCUT2D eigenvalue weighted by atomic mass is 9.87. The first-order valence-corrected chi connectivity index (χ1v) is 6.31. The topological polar surface area (TPSA) is 38.5 Å². The van der Waals surface area contributed by atoms with E-state index in [9.17, 15) is 0 Å². The molecule has 0 amide bonds. The van der Waals surface area contributed by atoms with Gasteiger partial charge in [0.15, 0.2) is 0 Å². The van der Waals surface area contributed by atoms with Gasteiger partial charge in [-0.15, -0.1) is 0 Å². The van der Waals surface area contributed by atoms with Crippen molar-refractivity contribution in [2.75, 3.05) is 33.4 Å². The molecule has 0 radical (unpaired) electrons. The fourth-order valence-electron chi connectivity index (χ4n) is 2.45. The SMILES string of the molecule is CCc1ccc(C2(CN)COCCN2C)cc1. The quantitative estimate of drug-likeness (QED) is 0.858. The van der Waals surface area contributed by atoms with Gasteiger partial charge in [0.25, 0.3) is 0 Å². The van der Waals surface area contributed by atoms with Crippen LogP contribution < -0.4 is 5.73 Å². The summed E-state index contributed by atoms with van der Waals surface area (Å²) in [5.74, 6) is 0. The highest BCUT2D eigenvalue weighted by atomic mass is 16.5. The molecule has 1 aromatic carbocycles. The van der Waals surface area contributed by atoms with Crippen LogP contribution >= 0.6 is 0 Å². The Morgan fingerprint density at radius 1 is 1.35 bits per heavy atom. The maximum absolute atomic E-state index is 6.01. The van der Waals surface area contributed by atoms with Crippen LogP contribution in [0.1, 0.15) is 18.1 Å². The minimum atomic E-state index is -0.148. The van der Waals surface area contributed by atoms with E-state index in [0.717, 1.165) is 19.6 Å². The first-order valence-electron chi connectivity index (χ1n) is 6.31. The largest absolute Gasteiger partial charge is 0.378 e. The molecule has 1 aromatic rings. The normalized spacial score (nSPS) is 26.1. The Labute approximate surface area is 104 Å². The van der Waals surface area contributed by atoms with Gasteiger partial charge in [-0.25, -0.2) is 0 Å². The van der Waals surface area contributed by atoms with E-state index in [1.165, 1.54) is 11.1 Å². The number of hydrogen-bond acceptors (Lipinski definition) is 3. The molecule has 1 heterocycles. The van der Waals surface area contributed by atoms with Crippen LogP contribution in [0.15, 0.2) is 24.3 Å². The van der Waals surface area contributed by atoms with Gasteiger partial charge in [-0.3, -0.25) is 4.90 Å². The van der Waals surface area contributed by atoms with Crippen molar-refractivity contribution >= 4 is 0 Å². The highest BCUT2D eigenvalue weighted by Gasteiger charge is 2.37. The number of rotatable bonds is 3. The first-order chi connectivity index (χ1) is 8.23. The molecular weight excluding hydrogens is 212 g/mol. The summed E-state index contributed by atoms with van der Waals surface area (Å²) in [4.78, 5) is 2.32. The smallest absolute Gasteiger partial charge is 0.0819 e.